The van der Waals surface area contributed by atoms with Crippen molar-refractivity contribution < 1.29 is 24.2 Å². The molecule has 0 atom stereocenters. The molecule has 0 radical (unpaired) electrons. The summed E-state index contributed by atoms with van der Waals surface area (Å²) in [5.74, 6) is -0.487. The molecule has 0 saturated heterocycles. The Morgan fingerprint density at radius 1 is 1.32 bits per heavy atom. The maximum Gasteiger partial charge on any atom is 0.329 e. The molecule has 1 fully saturated rings. The predicted octanol–water partition coefficient (Wildman–Crippen LogP) is 0.807. The molecule has 1 aromatic rings. The van der Waals surface area contributed by atoms with Gasteiger partial charge in [-0.25, -0.2) is 4.79 Å². The van der Waals surface area contributed by atoms with Gasteiger partial charge in [-0.1, -0.05) is 12.1 Å². The Kier molecular flexibility index (Phi) is 3.59. The summed E-state index contributed by atoms with van der Waals surface area (Å²) in [7, 11) is 1.51. The van der Waals surface area contributed by atoms with E-state index in [0.29, 0.717) is 24.3 Å². The minimum absolute atomic E-state index is 0.241. The first kappa shape index (κ1) is 13.2. The van der Waals surface area contributed by atoms with Crippen LogP contribution in [0.2, 0.25) is 0 Å². The van der Waals surface area contributed by atoms with E-state index in [1.807, 2.05) is 0 Å². The lowest BCUT2D eigenvalue weighted by atomic mass is 10.3. The molecule has 1 aliphatic carbocycles. The smallest absolute Gasteiger partial charge is 0.329 e. The summed E-state index contributed by atoms with van der Waals surface area (Å²) in [5.41, 5.74) is -1.08. The number of aliphatic carboxylic acids is 1. The van der Waals surface area contributed by atoms with Gasteiger partial charge in [0.25, 0.3) is 5.91 Å². The Bertz CT molecular complexity index is 496. The molecule has 0 unspecified atom stereocenters. The van der Waals surface area contributed by atoms with Crippen molar-refractivity contribution in [3.63, 3.8) is 0 Å². The molecule has 0 heterocycles. The lowest BCUT2D eigenvalue weighted by molar-refractivity contribution is -0.143. The number of rotatable bonds is 6. The number of para-hydroxylation sites is 2. The standard InChI is InChI=1S/C13H15NO5/c1-18-9-4-2-3-5-10(9)19-8-11(15)14-13(6-7-13)12(16)17/h2-5H,6-8H2,1H3,(H,14,15)(H,16,17). The number of benzene rings is 1. The van der Waals surface area contributed by atoms with Gasteiger partial charge in [0.15, 0.2) is 18.1 Å². The van der Waals surface area contributed by atoms with Crippen LogP contribution in [0.3, 0.4) is 0 Å². The number of carbonyl (C=O) groups excluding carboxylic acids is 1. The molecule has 19 heavy (non-hydrogen) atoms. The van der Waals surface area contributed by atoms with Crippen LogP contribution in [-0.4, -0.2) is 36.2 Å². The van der Waals surface area contributed by atoms with Crippen molar-refractivity contribution in [3.05, 3.63) is 24.3 Å². The third-order valence-electron chi connectivity index (χ3n) is 2.97. The maximum atomic E-state index is 11.6. The van der Waals surface area contributed by atoms with Gasteiger partial charge in [0.05, 0.1) is 7.11 Å². The third kappa shape index (κ3) is 2.96. The van der Waals surface area contributed by atoms with Gasteiger partial charge in [0.1, 0.15) is 5.54 Å². The minimum atomic E-state index is -1.08. The Labute approximate surface area is 110 Å². The number of hydrogen-bond donors (Lipinski definition) is 2. The fraction of sp³-hybridized carbons (Fsp3) is 0.385. The van der Waals surface area contributed by atoms with E-state index in [2.05, 4.69) is 5.32 Å². The fourth-order valence-electron chi connectivity index (χ4n) is 1.70. The van der Waals surface area contributed by atoms with Crippen LogP contribution < -0.4 is 14.8 Å². The molecule has 0 aromatic heterocycles. The number of carboxylic acids is 1. The topological polar surface area (TPSA) is 84.9 Å². The van der Waals surface area contributed by atoms with Crippen molar-refractivity contribution in [1.29, 1.82) is 0 Å². The van der Waals surface area contributed by atoms with Crippen LogP contribution >= 0.6 is 0 Å². The normalized spacial score (nSPS) is 15.4. The summed E-state index contributed by atoms with van der Waals surface area (Å²) in [6.07, 6.45) is 0.922. The number of hydrogen-bond acceptors (Lipinski definition) is 4. The third-order valence-corrected chi connectivity index (χ3v) is 2.97. The van der Waals surface area contributed by atoms with Crippen molar-refractivity contribution in [2.75, 3.05) is 13.7 Å². The number of nitrogens with one attached hydrogen (secondary N) is 1. The van der Waals surface area contributed by atoms with Crippen molar-refractivity contribution in [1.82, 2.24) is 5.32 Å². The van der Waals surface area contributed by atoms with Crippen LogP contribution in [0.25, 0.3) is 0 Å². The average Bonchev–Trinajstić information content (AvgIpc) is 3.17. The molecule has 1 aliphatic rings. The van der Waals surface area contributed by atoms with Crippen LogP contribution in [-0.2, 0) is 9.59 Å². The quantitative estimate of drug-likeness (QED) is 0.795. The first-order valence-electron chi connectivity index (χ1n) is 5.88. The SMILES string of the molecule is COc1ccccc1OCC(=O)NC1(C(=O)O)CC1. The van der Waals surface area contributed by atoms with E-state index in [9.17, 15) is 9.59 Å². The van der Waals surface area contributed by atoms with E-state index in [0.717, 1.165) is 0 Å². The zero-order chi connectivity index (χ0) is 13.9. The first-order valence-corrected chi connectivity index (χ1v) is 5.88. The molecule has 1 aromatic carbocycles. The molecule has 2 N–H and O–H groups in total. The summed E-state index contributed by atoms with van der Waals surface area (Å²) in [5, 5.41) is 11.4. The predicted molar refractivity (Wildman–Crippen MR) is 66.2 cm³/mol. The number of ether oxygens (including phenoxy) is 2. The first-order chi connectivity index (χ1) is 9.07. The minimum Gasteiger partial charge on any atom is -0.493 e. The zero-order valence-corrected chi connectivity index (χ0v) is 10.5. The van der Waals surface area contributed by atoms with Crippen LogP contribution in [0.15, 0.2) is 24.3 Å². The van der Waals surface area contributed by atoms with E-state index < -0.39 is 17.4 Å². The van der Waals surface area contributed by atoms with E-state index in [-0.39, 0.29) is 6.61 Å². The van der Waals surface area contributed by atoms with Gasteiger partial charge in [0.2, 0.25) is 0 Å². The summed E-state index contributed by atoms with van der Waals surface area (Å²) in [6.45, 7) is -0.241. The maximum absolute atomic E-state index is 11.6. The lowest BCUT2D eigenvalue weighted by Crippen LogP contribution is -2.45. The molecule has 0 aliphatic heterocycles. The largest absolute Gasteiger partial charge is 0.493 e. The molecule has 1 amide bonds. The molecule has 2 rings (SSSR count). The average molecular weight is 265 g/mol. The molecular formula is C13H15NO5. The van der Waals surface area contributed by atoms with Gasteiger partial charge in [0, 0.05) is 0 Å². The Morgan fingerprint density at radius 3 is 2.47 bits per heavy atom. The Hall–Kier alpha value is -2.24. The van der Waals surface area contributed by atoms with Crippen LogP contribution in [0.4, 0.5) is 0 Å². The molecule has 6 nitrogen and oxygen atoms in total. The van der Waals surface area contributed by atoms with Gasteiger partial charge < -0.3 is 19.9 Å². The summed E-state index contributed by atoms with van der Waals surface area (Å²) >= 11 is 0. The van der Waals surface area contributed by atoms with Crippen molar-refractivity contribution in [2.45, 2.75) is 18.4 Å². The number of carbonyl (C=O) groups is 2. The molecule has 6 heteroatoms. The second kappa shape index (κ2) is 5.17. The monoisotopic (exact) mass is 265 g/mol. The number of amides is 1. The van der Waals surface area contributed by atoms with Gasteiger partial charge in [-0.05, 0) is 25.0 Å². The van der Waals surface area contributed by atoms with Crippen LogP contribution in [0.5, 0.6) is 11.5 Å². The summed E-state index contributed by atoms with van der Waals surface area (Å²) in [4.78, 5) is 22.6. The molecule has 0 spiro atoms. The van der Waals surface area contributed by atoms with Gasteiger partial charge in [-0.3, -0.25) is 4.79 Å². The molecule has 1 saturated carbocycles. The molecule has 0 bridgehead atoms. The zero-order valence-electron chi connectivity index (χ0n) is 10.5. The van der Waals surface area contributed by atoms with E-state index >= 15 is 0 Å². The van der Waals surface area contributed by atoms with Crippen molar-refractivity contribution in [2.24, 2.45) is 0 Å². The van der Waals surface area contributed by atoms with Gasteiger partial charge in [-0.2, -0.15) is 0 Å². The second-order valence-corrected chi connectivity index (χ2v) is 4.37. The van der Waals surface area contributed by atoms with E-state index in [4.69, 9.17) is 14.6 Å². The molecular weight excluding hydrogens is 250 g/mol. The highest BCUT2D eigenvalue weighted by atomic mass is 16.5. The summed E-state index contributed by atoms with van der Waals surface area (Å²) < 4.78 is 10.4. The number of carboxylic acid groups (broad SMARTS) is 1. The van der Waals surface area contributed by atoms with Crippen LogP contribution in [0.1, 0.15) is 12.8 Å². The van der Waals surface area contributed by atoms with Crippen LogP contribution in [0, 0.1) is 0 Å². The number of methoxy groups -OCH3 is 1. The van der Waals surface area contributed by atoms with E-state index in [1.54, 1.807) is 24.3 Å². The highest BCUT2D eigenvalue weighted by Crippen LogP contribution is 2.35. The van der Waals surface area contributed by atoms with Crippen molar-refractivity contribution in [3.8, 4) is 11.5 Å². The van der Waals surface area contributed by atoms with Gasteiger partial charge >= 0.3 is 5.97 Å². The van der Waals surface area contributed by atoms with E-state index in [1.165, 1.54) is 7.11 Å². The lowest BCUT2D eigenvalue weighted by Gasteiger charge is -2.14. The fourth-order valence-corrected chi connectivity index (χ4v) is 1.70. The Balaban J connectivity index is 1.89. The summed E-state index contributed by atoms with van der Waals surface area (Å²) in [6, 6.07) is 6.94. The Morgan fingerprint density at radius 2 is 1.95 bits per heavy atom. The molecule has 102 valence electrons. The highest BCUT2D eigenvalue weighted by molar-refractivity contribution is 5.90. The van der Waals surface area contributed by atoms with Crippen molar-refractivity contribution >= 4 is 11.9 Å². The highest BCUT2D eigenvalue weighted by Gasteiger charge is 2.51. The van der Waals surface area contributed by atoms with Gasteiger partial charge in [-0.15, -0.1) is 0 Å². The second-order valence-electron chi connectivity index (χ2n) is 4.37.